The van der Waals surface area contributed by atoms with E-state index in [0.717, 1.165) is 12.2 Å². The maximum atomic E-state index is 12.4. The lowest BCUT2D eigenvalue weighted by Gasteiger charge is -2.31. The zero-order valence-corrected chi connectivity index (χ0v) is 19.7. The van der Waals surface area contributed by atoms with Crippen LogP contribution in [0.25, 0.3) is 0 Å². The van der Waals surface area contributed by atoms with E-state index >= 15 is 0 Å². The zero-order valence-electron chi connectivity index (χ0n) is 18.0. The monoisotopic (exact) mass is 447 g/mol. The molecule has 3 rings (SSSR count). The van der Waals surface area contributed by atoms with Crippen molar-refractivity contribution in [2.45, 2.75) is 62.1 Å². The molecule has 3 N–H and O–H groups in total. The number of nitrogens with one attached hydrogen (secondary N) is 3. The highest BCUT2D eigenvalue weighted by Gasteiger charge is 2.22. The molecule has 1 aliphatic carbocycles. The van der Waals surface area contributed by atoms with Gasteiger partial charge in [-0.25, -0.2) is 8.42 Å². The molecule has 0 radical (unpaired) electrons. The van der Waals surface area contributed by atoms with E-state index in [1.54, 1.807) is 42.5 Å². The van der Waals surface area contributed by atoms with Gasteiger partial charge in [-0.3, -0.25) is 9.44 Å². The minimum atomic E-state index is -3.55. The largest absolute Gasteiger partial charge is 0.385 e. The minimum Gasteiger partial charge on any atom is -0.385 e. The molecule has 0 saturated heterocycles. The third-order valence-corrected chi connectivity index (χ3v) is 7.62. The van der Waals surface area contributed by atoms with Crippen LogP contribution in [0.15, 0.2) is 59.5 Å². The van der Waals surface area contributed by atoms with Gasteiger partial charge in [0, 0.05) is 28.7 Å². The number of benzene rings is 2. The predicted molar refractivity (Wildman–Crippen MR) is 128 cm³/mol. The van der Waals surface area contributed by atoms with E-state index in [1.807, 2.05) is 24.1 Å². The van der Waals surface area contributed by atoms with E-state index in [0.29, 0.717) is 17.6 Å². The number of sulfonamides is 1. The quantitative estimate of drug-likeness (QED) is 0.467. The van der Waals surface area contributed by atoms with Crippen molar-refractivity contribution in [3.63, 3.8) is 0 Å². The fourth-order valence-corrected chi connectivity index (χ4v) is 5.31. The summed E-state index contributed by atoms with van der Waals surface area (Å²) in [6.07, 6.45) is 4.89. The Hall–Kier alpha value is -1.70. The molecule has 0 bridgehead atoms. The van der Waals surface area contributed by atoms with Crippen molar-refractivity contribution in [1.82, 2.24) is 4.72 Å². The van der Waals surface area contributed by atoms with Crippen molar-refractivity contribution in [3.05, 3.63) is 54.6 Å². The van der Waals surface area contributed by atoms with Crippen LogP contribution in [-0.4, -0.2) is 25.8 Å². The summed E-state index contributed by atoms with van der Waals surface area (Å²) < 4.78 is 31.3. The minimum absolute atomic E-state index is 0.250. The van der Waals surface area contributed by atoms with Gasteiger partial charge < -0.3 is 5.32 Å². The van der Waals surface area contributed by atoms with Gasteiger partial charge in [0.1, 0.15) is 0 Å². The fourth-order valence-electron chi connectivity index (χ4n) is 3.48. The van der Waals surface area contributed by atoms with Crippen LogP contribution >= 0.6 is 11.9 Å². The molecule has 30 heavy (non-hydrogen) atoms. The van der Waals surface area contributed by atoms with Crippen molar-refractivity contribution >= 4 is 33.3 Å². The van der Waals surface area contributed by atoms with Gasteiger partial charge in [-0.2, -0.15) is 0 Å². The van der Waals surface area contributed by atoms with Crippen molar-refractivity contribution in [1.29, 1.82) is 0 Å². The van der Waals surface area contributed by atoms with Crippen molar-refractivity contribution < 1.29 is 8.42 Å². The van der Waals surface area contributed by atoms with Crippen molar-refractivity contribution in [2.75, 3.05) is 16.6 Å². The molecular formula is C23H33N3O2S2. The Balaban J connectivity index is 1.43. The Labute approximate surface area is 185 Å². The van der Waals surface area contributed by atoms with Crippen LogP contribution in [0.1, 0.15) is 46.5 Å². The van der Waals surface area contributed by atoms with Gasteiger partial charge in [-0.15, -0.1) is 0 Å². The summed E-state index contributed by atoms with van der Waals surface area (Å²) in [5.74, 6) is 0.680. The molecule has 5 nitrogen and oxygen atoms in total. The SMILES string of the molecule is CC(C)(C)SNC1CCC(CNc2ccc(NS(=O)(=O)c3ccccc3)cc2)CC1. The first-order chi connectivity index (χ1) is 14.2. The molecule has 1 saturated carbocycles. The standard InChI is InChI=1S/C23H33N3O2S2/c1-23(2,3)29-25-20-11-9-18(10-12-20)17-24-19-13-15-21(16-14-19)26-30(27,28)22-7-5-4-6-8-22/h4-8,13-16,18,20,24-26H,9-12,17H2,1-3H3. The lowest BCUT2D eigenvalue weighted by Crippen LogP contribution is -2.33. The molecule has 0 amide bonds. The molecule has 0 heterocycles. The maximum Gasteiger partial charge on any atom is 0.261 e. The molecule has 1 fully saturated rings. The summed E-state index contributed by atoms with van der Waals surface area (Å²) in [6, 6.07) is 16.5. The Kier molecular flexibility index (Phi) is 7.71. The molecule has 0 unspecified atom stereocenters. The van der Waals surface area contributed by atoms with E-state index in [4.69, 9.17) is 0 Å². The maximum absolute atomic E-state index is 12.4. The van der Waals surface area contributed by atoms with Crippen LogP contribution in [0.2, 0.25) is 0 Å². The summed E-state index contributed by atoms with van der Waals surface area (Å²) >= 11 is 1.84. The molecule has 2 aromatic carbocycles. The smallest absolute Gasteiger partial charge is 0.261 e. The first-order valence-corrected chi connectivity index (χ1v) is 12.9. The molecule has 7 heteroatoms. The van der Waals surface area contributed by atoms with Gasteiger partial charge in [-0.05, 0) is 88.8 Å². The van der Waals surface area contributed by atoms with Crippen LogP contribution in [0.4, 0.5) is 11.4 Å². The van der Waals surface area contributed by atoms with Gasteiger partial charge in [0.25, 0.3) is 10.0 Å². The van der Waals surface area contributed by atoms with E-state index in [-0.39, 0.29) is 9.64 Å². The molecule has 2 aromatic rings. The first kappa shape index (κ1) is 23.0. The lowest BCUT2D eigenvalue weighted by molar-refractivity contribution is 0.328. The van der Waals surface area contributed by atoms with Gasteiger partial charge in [0.2, 0.25) is 0 Å². The average molecular weight is 448 g/mol. The van der Waals surface area contributed by atoms with E-state index in [1.165, 1.54) is 25.7 Å². The summed E-state index contributed by atoms with van der Waals surface area (Å²) in [7, 11) is -3.55. The van der Waals surface area contributed by atoms with Crippen molar-refractivity contribution in [3.8, 4) is 0 Å². The molecular weight excluding hydrogens is 414 g/mol. The number of hydrogen-bond donors (Lipinski definition) is 3. The van der Waals surface area contributed by atoms with Gasteiger partial charge in [0.15, 0.2) is 0 Å². The highest BCUT2D eigenvalue weighted by atomic mass is 32.2. The predicted octanol–water partition coefficient (Wildman–Crippen LogP) is 5.49. The summed E-state index contributed by atoms with van der Waals surface area (Å²) in [5.41, 5.74) is 1.58. The van der Waals surface area contributed by atoms with Crippen LogP contribution in [0.3, 0.4) is 0 Å². The second-order valence-electron chi connectivity index (χ2n) is 8.93. The molecule has 0 aliphatic heterocycles. The molecule has 0 aromatic heterocycles. The van der Waals surface area contributed by atoms with Crippen LogP contribution in [0.5, 0.6) is 0 Å². The topological polar surface area (TPSA) is 70.2 Å². The van der Waals surface area contributed by atoms with E-state index < -0.39 is 10.0 Å². The van der Waals surface area contributed by atoms with Gasteiger partial charge in [0.05, 0.1) is 4.90 Å². The average Bonchev–Trinajstić information content (AvgIpc) is 2.72. The third-order valence-electron chi connectivity index (χ3n) is 5.16. The van der Waals surface area contributed by atoms with E-state index in [9.17, 15) is 8.42 Å². The van der Waals surface area contributed by atoms with Crippen LogP contribution < -0.4 is 14.8 Å². The summed E-state index contributed by atoms with van der Waals surface area (Å²) in [6.45, 7) is 7.66. The highest BCUT2D eigenvalue weighted by molar-refractivity contribution is 7.98. The highest BCUT2D eigenvalue weighted by Crippen LogP contribution is 2.28. The zero-order chi connectivity index (χ0) is 21.6. The van der Waals surface area contributed by atoms with Gasteiger partial charge >= 0.3 is 0 Å². The third kappa shape index (κ3) is 7.22. The second-order valence-corrected chi connectivity index (χ2v) is 12.3. The Morgan fingerprint density at radius 1 is 0.900 bits per heavy atom. The van der Waals surface area contributed by atoms with Gasteiger partial charge in [-0.1, -0.05) is 30.1 Å². The lowest BCUT2D eigenvalue weighted by atomic mass is 9.86. The number of anilines is 2. The molecule has 164 valence electrons. The Bertz CT molecular complexity index is 886. The molecule has 0 atom stereocenters. The molecule has 1 aliphatic rings. The molecule has 0 spiro atoms. The summed E-state index contributed by atoms with van der Waals surface area (Å²) in [4.78, 5) is 0.262. The summed E-state index contributed by atoms with van der Waals surface area (Å²) in [5, 5.41) is 3.50. The van der Waals surface area contributed by atoms with E-state index in [2.05, 4.69) is 35.5 Å². The Morgan fingerprint density at radius 3 is 2.10 bits per heavy atom. The first-order valence-electron chi connectivity index (χ1n) is 10.6. The Morgan fingerprint density at radius 2 is 1.50 bits per heavy atom. The van der Waals surface area contributed by atoms with Crippen molar-refractivity contribution in [2.24, 2.45) is 5.92 Å². The fraction of sp³-hybridized carbons (Fsp3) is 0.478. The second kappa shape index (κ2) is 10.1. The number of rotatable bonds is 8. The normalized spacial score (nSPS) is 20.0. The number of hydrogen-bond acceptors (Lipinski definition) is 5. The van der Waals surface area contributed by atoms with Crippen LogP contribution in [-0.2, 0) is 10.0 Å². The van der Waals surface area contributed by atoms with Crippen LogP contribution in [0, 0.1) is 5.92 Å².